The molecule has 11 heteroatoms. The summed E-state index contributed by atoms with van der Waals surface area (Å²) in [6, 6.07) is 20.4. The number of carbonyl (C=O) groups excluding carboxylic acids is 1. The molecule has 1 amide bonds. The molecule has 0 bridgehead atoms. The molecular formula is C27H27BrN4O5S. The zero-order valence-electron chi connectivity index (χ0n) is 21.1. The molecule has 1 N–H and O–H groups in total. The number of amides is 1. The SMILES string of the molecule is CCOc1ccc(-n2c(COc3ccc(Br)cc3)nnc2SCC(=O)Nc2cc(OC)ccc2OC)cc1. The smallest absolute Gasteiger partial charge is 0.234 e. The van der Waals surface area contributed by atoms with Crippen molar-refractivity contribution in [3.05, 3.63) is 77.0 Å². The Balaban J connectivity index is 1.53. The van der Waals surface area contributed by atoms with Gasteiger partial charge in [-0.25, -0.2) is 0 Å². The third kappa shape index (κ3) is 6.99. The molecule has 0 radical (unpaired) electrons. The highest BCUT2D eigenvalue weighted by atomic mass is 79.9. The van der Waals surface area contributed by atoms with Crippen molar-refractivity contribution in [3.63, 3.8) is 0 Å². The second kappa shape index (κ2) is 13.2. The third-order valence-corrected chi connectivity index (χ3v) is 6.76. The van der Waals surface area contributed by atoms with E-state index in [0.29, 0.717) is 40.5 Å². The van der Waals surface area contributed by atoms with Crippen molar-refractivity contribution >= 4 is 39.3 Å². The molecule has 0 saturated carbocycles. The summed E-state index contributed by atoms with van der Waals surface area (Å²) in [5.74, 6) is 3.08. The molecule has 4 aromatic rings. The number of ether oxygens (including phenoxy) is 4. The maximum Gasteiger partial charge on any atom is 0.234 e. The van der Waals surface area contributed by atoms with Gasteiger partial charge in [-0.15, -0.1) is 10.2 Å². The first-order chi connectivity index (χ1) is 18.5. The van der Waals surface area contributed by atoms with Gasteiger partial charge in [-0.05, 0) is 67.6 Å². The molecule has 0 aliphatic carbocycles. The summed E-state index contributed by atoms with van der Waals surface area (Å²) in [5.41, 5.74) is 1.35. The second-order valence-corrected chi connectivity index (χ2v) is 9.66. The average Bonchev–Trinajstić information content (AvgIpc) is 3.35. The topological polar surface area (TPSA) is 96.7 Å². The molecule has 38 heavy (non-hydrogen) atoms. The van der Waals surface area contributed by atoms with E-state index in [4.69, 9.17) is 18.9 Å². The number of nitrogens with zero attached hydrogens (tertiary/aromatic N) is 3. The average molecular weight is 600 g/mol. The molecule has 0 fully saturated rings. The van der Waals surface area contributed by atoms with Crippen LogP contribution in [-0.4, -0.2) is 47.3 Å². The summed E-state index contributed by atoms with van der Waals surface area (Å²) in [5, 5.41) is 12.1. The van der Waals surface area contributed by atoms with Crippen LogP contribution >= 0.6 is 27.7 Å². The normalized spacial score (nSPS) is 10.6. The van der Waals surface area contributed by atoms with Gasteiger partial charge in [-0.2, -0.15) is 0 Å². The van der Waals surface area contributed by atoms with Crippen LogP contribution in [0.25, 0.3) is 5.69 Å². The van der Waals surface area contributed by atoms with Gasteiger partial charge < -0.3 is 24.3 Å². The first kappa shape index (κ1) is 27.3. The predicted molar refractivity (Wildman–Crippen MR) is 150 cm³/mol. The molecule has 0 atom stereocenters. The molecular weight excluding hydrogens is 572 g/mol. The number of nitrogens with one attached hydrogen (secondary N) is 1. The van der Waals surface area contributed by atoms with E-state index in [-0.39, 0.29) is 18.3 Å². The second-order valence-electron chi connectivity index (χ2n) is 7.81. The van der Waals surface area contributed by atoms with Gasteiger partial charge in [-0.3, -0.25) is 9.36 Å². The summed E-state index contributed by atoms with van der Waals surface area (Å²) in [6.07, 6.45) is 0. The Morgan fingerprint density at radius 2 is 1.61 bits per heavy atom. The lowest BCUT2D eigenvalue weighted by Crippen LogP contribution is -2.15. The van der Waals surface area contributed by atoms with E-state index in [9.17, 15) is 4.79 Å². The number of hydrogen-bond acceptors (Lipinski definition) is 8. The Hall–Kier alpha value is -3.70. The molecule has 3 aromatic carbocycles. The number of halogens is 1. The lowest BCUT2D eigenvalue weighted by Gasteiger charge is -2.13. The van der Waals surface area contributed by atoms with Crippen molar-refractivity contribution in [1.82, 2.24) is 14.8 Å². The van der Waals surface area contributed by atoms with E-state index in [0.717, 1.165) is 15.9 Å². The summed E-state index contributed by atoms with van der Waals surface area (Å²) < 4.78 is 25.0. The zero-order valence-corrected chi connectivity index (χ0v) is 23.5. The Labute approximate surface area is 233 Å². The van der Waals surface area contributed by atoms with Crippen LogP contribution in [0.15, 0.2) is 76.4 Å². The first-order valence-electron chi connectivity index (χ1n) is 11.7. The predicted octanol–water partition coefficient (Wildman–Crippen LogP) is 5.76. The van der Waals surface area contributed by atoms with Crippen LogP contribution in [0.5, 0.6) is 23.0 Å². The molecule has 9 nitrogen and oxygen atoms in total. The standard InChI is InChI=1S/C27H27BrN4O5S/c1-4-36-20-11-7-19(8-12-20)32-25(16-37-21-9-5-18(28)6-10-21)30-31-27(32)38-17-26(33)29-23-15-22(34-2)13-14-24(23)35-3/h5-15H,4,16-17H2,1-3H3,(H,29,33). The van der Waals surface area contributed by atoms with Crippen LogP contribution in [0, 0.1) is 0 Å². The molecule has 0 spiro atoms. The van der Waals surface area contributed by atoms with E-state index in [2.05, 4.69) is 31.4 Å². The maximum atomic E-state index is 12.8. The molecule has 0 unspecified atom stereocenters. The van der Waals surface area contributed by atoms with Gasteiger partial charge in [0, 0.05) is 16.2 Å². The van der Waals surface area contributed by atoms with Gasteiger partial charge in [0.2, 0.25) is 5.91 Å². The highest BCUT2D eigenvalue weighted by Crippen LogP contribution is 2.30. The zero-order chi connectivity index (χ0) is 26.9. The molecule has 1 aromatic heterocycles. The first-order valence-corrected chi connectivity index (χ1v) is 13.5. The number of aromatic nitrogens is 3. The number of hydrogen-bond donors (Lipinski definition) is 1. The van der Waals surface area contributed by atoms with Crippen LogP contribution < -0.4 is 24.3 Å². The molecule has 0 saturated heterocycles. The minimum absolute atomic E-state index is 0.100. The Kier molecular flexibility index (Phi) is 9.50. The number of anilines is 1. The van der Waals surface area contributed by atoms with Crippen molar-refractivity contribution in [3.8, 4) is 28.7 Å². The number of rotatable bonds is 12. The molecule has 1 heterocycles. The van der Waals surface area contributed by atoms with Crippen LogP contribution in [0.1, 0.15) is 12.7 Å². The summed E-state index contributed by atoms with van der Waals surface area (Å²) in [6.45, 7) is 2.70. The lowest BCUT2D eigenvalue weighted by atomic mass is 10.2. The fourth-order valence-electron chi connectivity index (χ4n) is 3.51. The van der Waals surface area contributed by atoms with Gasteiger partial charge >= 0.3 is 0 Å². The molecule has 0 aliphatic heterocycles. The van der Waals surface area contributed by atoms with Gasteiger partial charge in [-0.1, -0.05) is 27.7 Å². The van der Waals surface area contributed by atoms with Crippen molar-refractivity contribution in [1.29, 1.82) is 0 Å². The minimum atomic E-state index is -0.226. The lowest BCUT2D eigenvalue weighted by molar-refractivity contribution is -0.113. The summed E-state index contributed by atoms with van der Waals surface area (Å²) in [7, 11) is 3.11. The maximum absolute atomic E-state index is 12.8. The van der Waals surface area contributed by atoms with Crippen molar-refractivity contribution in [2.75, 3.05) is 31.9 Å². The largest absolute Gasteiger partial charge is 0.497 e. The van der Waals surface area contributed by atoms with Gasteiger partial charge in [0.05, 0.1) is 32.3 Å². The number of carbonyl (C=O) groups is 1. The van der Waals surface area contributed by atoms with Crippen LogP contribution in [0.3, 0.4) is 0 Å². The van der Waals surface area contributed by atoms with Crippen molar-refractivity contribution in [2.24, 2.45) is 0 Å². The van der Waals surface area contributed by atoms with Crippen LogP contribution in [-0.2, 0) is 11.4 Å². The quantitative estimate of drug-likeness (QED) is 0.206. The molecule has 4 rings (SSSR count). The van der Waals surface area contributed by atoms with E-state index >= 15 is 0 Å². The Bertz CT molecular complexity index is 1360. The van der Waals surface area contributed by atoms with Gasteiger partial charge in [0.1, 0.15) is 29.6 Å². The summed E-state index contributed by atoms with van der Waals surface area (Å²) >= 11 is 4.69. The Morgan fingerprint density at radius 3 is 2.29 bits per heavy atom. The van der Waals surface area contributed by atoms with E-state index < -0.39 is 0 Å². The monoisotopic (exact) mass is 598 g/mol. The molecule has 198 valence electrons. The van der Waals surface area contributed by atoms with E-state index in [1.165, 1.54) is 11.8 Å². The van der Waals surface area contributed by atoms with Gasteiger partial charge in [0.15, 0.2) is 11.0 Å². The fourth-order valence-corrected chi connectivity index (χ4v) is 4.55. The van der Waals surface area contributed by atoms with E-state index in [1.54, 1.807) is 32.4 Å². The molecule has 0 aliphatic rings. The van der Waals surface area contributed by atoms with Crippen LogP contribution in [0.4, 0.5) is 5.69 Å². The van der Waals surface area contributed by atoms with Gasteiger partial charge in [0.25, 0.3) is 0 Å². The number of methoxy groups -OCH3 is 2. The van der Waals surface area contributed by atoms with E-state index in [1.807, 2.05) is 60.0 Å². The highest BCUT2D eigenvalue weighted by molar-refractivity contribution is 9.10. The third-order valence-electron chi connectivity index (χ3n) is 5.30. The summed E-state index contributed by atoms with van der Waals surface area (Å²) in [4.78, 5) is 12.8. The fraction of sp³-hybridized carbons (Fsp3) is 0.222. The Morgan fingerprint density at radius 1 is 0.921 bits per heavy atom. The minimum Gasteiger partial charge on any atom is -0.497 e. The van der Waals surface area contributed by atoms with Crippen molar-refractivity contribution in [2.45, 2.75) is 18.7 Å². The van der Waals surface area contributed by atoms with Crippen LogP contribution in [0.2, 0.25) is 0 Å². The van der Waals surface area contributed by atoms with Crippen molar-refractivity contribution < 1.29 is 23.7 Å². The number of thioether (sulfide) groups is 1. The number of benzene rings is 3. The highest BCUT2D eigenvalue weighted by Gasteiger charge is 2.18.